The predicted molar refractivity (Wildman–Crippen MR) is 82.8 cm³/mol. The summed E-state index contributed by atoms with van der Waals surface area (Å²) in [7, 11) is 3.57. The summed E-state index contributed by atoms with van der Waals surface area (Å²) in [6.45, 7) is 1.68. The lowest BCUT2D eigenvalue weighted by Crippen LogP contribution is -2.35. The van der Waals surface area contributed by atoms with E-state index in [0.717, 1.165) is 49.4 Å². The number of likely N-dealkylation sites (N-methyl/N-ethyl adjacent to an activating group) is 1. The Labute approximate surface area is 125 Å². The molecule has 1 amide bonds. The molecule has 2 heterocycles. The van der Waals surface area contributed by atoms with E-state index in [4.69, 9.17) is 4.74 Å². The first-order valence-electron chi connectivity index (χ1n) is 7.45. The van der Waals surface area contributed by atoms with Gasteiger partial charge in [0, 0.05) is 12.8 Å². The zero-order valence-electron chi connectivity index (χ0n) is 12.6. The molecule has 0 aliphatic carbocycles. The number of nitrogens with zero attached hydrogens (tertiary/aromatic N) is 2. The zero-order chi connectivity index (χ0) is 14.8. The fraction of sp³-hybridized carbons (Fsp3) is 0.500. The minimum absolute atomic E-state index is 0.0727. The van der Waals surface area contributed by atoms with Gasteiger partial charge in [0.25, 0.3) is 5.91 Å². The second-order valence-electron chi connectivity index (χ2n) is 5.52. The lowest BCUT2D eigenvalue weighted by atomic mass is 10.0. The number of carbonyl (C=O) groups excluding carboxylic acids is 1. The number of amides is 1. The maximum absolute atomic E-state index is 12.7. The van der Waals surface area contributed by atoms with Gasteiger partial charge in [0.1, 0.15) is 5.75 Å². The summed E-state index contributed by atoms with van der Waals surface area (Å²) in [5.74, 6) is 0.841. The molecule has 1 fully saturated rings. The van der Waals surface area contributed by atoms with E-state index in [0.29, 0.717) is 5.56 Å². The SMILES string of the molecule is CNCCc1cc2c(cc1OC)C(=O)N1CCC[C@H]1C=N2. The first-order valence-corrected chi connectivity index (χ1v) is 7.45. The average molecular weight is 287 g/mol. The van der Waals surface area contributed by atoms with Crippen LogP contribution in [0.2, 0.25) is 0 Å². The van der Waals surface area contributed by atoms with Crippen LogP contribution in [0.25, 0.3) is 0 Å². The molecule has 0 radical (unpaired) electrons. The van der Waals surface area contributed by atoms with Crippen molar-refractivity contribution in [2.45, 2.75) is 25.3 Å². The highest BCUT2D eigenvalue weighted by Gasteiger charge is 2.32. The van der Waals surface area contributed by atoms with Crippen molar-refractivity contribution in [3.63, 3.8) is 0 Å². The van der Waals surface area contributed by atoms with Crippen LogP contribution in [0.5, 0.6) is 5.75 Å². The summed E-state index contributed by atoms with van der Waals surface area (Å²) in [5.41, 5.74) is 2.50. The molecule has 1 aromatic rings. The first-order chi connectivity index (χ1) is 10.2. The Bertz CT molecular complexity index is 583. The van der Waals surface area contributed by atoms with Crippen LogP contribution in [0.1, 0.15) is 28.8 Å². The van der Waals surface area contributed by atoms with Gasteiger partial charge in [-0.1, -0.05) is 0 Å². The molecule has 1 atom stereocenters. The second-order valence-corrected chi connectivity index (χ2v) is 5.52. The summed E-state index contributed by atoms with van der Waals surface area (Å²) in [6, 6.07) is 3.99. The van der Waals surface area contributed by atoms with Gasteiger partial charge in [-0.2, -0.15) is 0 Å². The molecule has 21 heavy (non-hydrogen) atoms. The number of aliphatic imine (C=N–C) groups is 1. The predicted octanol–water partition coefficient (Wildman–Crippen LogP) is 1.78. The van der Waals surface area contributed by atoms with E-state index in [2.05, 4.69) is 10.3 Å². The standard InChI is InChI=1S/C16H21N3O2/c1-17-6-5-11-8-14-13(9-15(11)21-2)16(20)19-7-3-4-12(19)10-18-14/h8-10,12,17H,3-7H2,1-2H3/t12-/m0/s1. The number of hydrogen-bond acceptors (Lipinski definition) is 4. The number of fused-ring (bicyclic) bond motifs is 2. The van der Waals surface area contributed by atoms with Crippen LogP contribution < -0.4 is 10.1 Å². The molecule has 0 saturated carbocycles. The smallest absolute Gasteiger partial charge is 0.256 e. The van der Waals surface area contributed by atoms with Crippen LogP contribution >= 0.6 is 0 Å². The number of carbonyl (C=O) groups is 1. The molecule has 2 aliphatic heterocycles. The highest BCUT2D eigenvalue weighted by molar-refractivity contribution is 6.03. The molecule has 1 aromatic carbocycles. The van der Waals surface area contributed by atoms with Crippen molar-refractivity contribution in [3.05, 3.63) is 23.3 Å². The lowest BCUT2D eigenvalue weighted by molar-refractivity contribution is 0.0774. The van der Waals surface area contributed by atoms with Crippen molar-refractivity contribution in [2.75, 3.05) is 27.2 Å². The molecule has 2 aliphatic rings. The Morgan fingerprint density at radius 1 is 1.48 bits per heavy atom. The number of rotatable bonds is 4. The van der Waals surface area contributed by atoms with Crippen molar-refractivity contribution in [2.24, 2.45) is 4.99 Å². The largest absolute Gasteiger partial charge is 0.496 e. The average Bonchev–Trinajstić information content (AvgIpc) is 2.93. The molecule has 3 rings (SSSR count). The van der Waals surface area contributed by atoms with Crippen molar-refractivity contribution in [1.29, 1.82) is 0 Å². The third kappa shape index (κ3) is 2.53. The fourth-order valence-electron chi connectivity index (χ4n) is 3.06. The monoisotopic (exact) mass is 287 g/mol. The van der Waals surface area contributed by atoms with Crippen LogP contribution in [-0.4, -0.2) is 50.3 Å². The lowest BCUT2D eigenvalue weighted by Gasteiger charge is -2.20. The second kappa shape index (κ2) is 5.85. The van der Waals surface area contributed by atoms with Gasteiger partial charge >= 0.3 is 0 Å². The molecule has 0 unspecified atom stereocenters. The molecule has 1 N–H and O–H groups in total. The van der Waals surface area contributed by atoms with E-state index in [-0.39, 0.29) is 11.9 Å². The number of ether oxygens (including phenoxy) is 1. The minimum Gasteiger partial charge on any atom is -0.496 e. The molecule has 1 saturated heterocycles. The van der Waals surface area contributed by atoms with E-state index in [1.165, 1.54) is 0 Å². The van der Waals surface area contributed by atoms with Gasteiger partial charge in [-0.3, -0.25) is 9.79 Å². The Hall–Kier alpha value is -1.88. The fourth-order valence-corrected chi connectivity index (χ4v) is 3.06. The summed E-state index contributed by atoms with van der Waals surface area (Å²) < 4.78 is 5.46. The Morgan fingerprint density at radius 3 is 3.10 bits per heavy atom. The van der Waals surface area contributed by atoms with Gasteiger partial charge in [-0.25, -0.2) is 0 Å². The van der Waals surface area contributed by atoms with Gasteiger partial charge in [-0.15, -0.1) is 0 Å². The molecule has 0 spiro atoms. The Kier molecular flexibility index (Phi) is 3.92. The highest BCUT2D eigenvalue weighted by Crippen LogP contribution is 2.34. The van der Waals surface area contributed by atoms with E-state index in [1.54, 1.807) is 7.11 Å². The van der Waals surface area contributed by atoms with E-state index in [9.17, 15) is 4.79 Å². The first kappa shape index (κ1) is 14.1. The van der Waals surface area contributed by atoms with Crippen molar-refractivity contribution in [3.8, 4) is 5.75 Å². The number of benzene rings is 1. The molecule has 0 aromatic heterocycles. The van der Waals surface area contributed by atoms with Crippen LogP contribution in [0.3, 0.4) is 0 Å². The van der Waals surface area contributed by atoms with Gasteiger partial charge in [0.15, 0.2) is 0 Å². The van der Waals surface area contributed by atoms with Crippen LogP contribution in [0.4, 0.5) is 5.69 Å². The van der Waals surface area contributed by atoms with Gasteiger partial charge in [0.05, 0.1) is 24.4 Å². The Morgan fingerprint density at radius 2 is 2.33 bits per heavy atom. The summed E-state index contributed by atoms with van der Waals surface area (Å²) in [6.07, 6.45) is 4.83. The van der Waals surface area contributed by atoms with E-state index >= 15 is 0 Å². The third-order valence-corrected chi connectivity index (χ3v) is 4.22. The van der Waals surface area contributed by atoms with Crippen molar-refractivity contribution < 1.29 is 9.53 Å². The normalized spacial score (nSPS) is 20.2. The number of nitrogens with one attached hydrogen (secondary N) is 1. The molecule has 5 nitrogen and oxygen atoms in total. The maximum Gasteiger partial charge on any atom is 0.256 e. The number of methoxy groups -OCH3 is 1. The Balaban J connectivity index is 2.02. The topological polar surface area (TPSA) is 53.9 Å². The molecular weight excluding hydrogens is 266 g/mol. The summed E-state index contributed by atoms with van der Waals surface area (Å²) in [4.78, 5) is 19.2. The van der Waals surface area contributed by atoms with Crippen molar-refractivity contribution in [1.82, 2.24) is 10.2 Å². The highest BCUT2D eigenvalue weighted by atomic mass is 16.5. The number of hydrogen-bond donors (Lipinski definition) is 1. The third-order valence-electron chi connectivity index (χ3n) is 4.22. The van der Waals surface area contributed by atoms with Crippen LogP contribution in [0, 0.1) is 0 Å². The van der Waals surface area contributed by atoms with Gasteiger partial charge in [0.2, 0.25) is 0 Å². The molecular formula is C16H21N3O2. The van der Waals surface area contributed by atoms with E-state index in [1.807, 2.05) is 30.3 Å². The molecule has 5 heteroatoms. The summed E-state index contributed by atoms with van der Waals surface area (Å²) in [5, 5.41) is 3.13. The minimum atomic E-state index is 0.0727. The zero-order valence-corrected chi connectivity index (χ0v) is 12.6. The van der Waals surface area contributed by atoms with E-state index < -0.39 is 0 Å². The quantitative estimate of drug-likeness (QED) is 0.918. The van der Waals surface area contributed by atoms with Crippen LogP contribution in [0.15, 0.2) is 17.1 Å². The van der Waals surface area contributed by atoms with Crippen LogP contribution in [-0.2, 0) is 6.42 Å². The summed E-state index contributed by atoms with van der Waals surface area (Å²) >= 11 is 0. The molecule has 0 bridgehead atoms. The van der Waals surface area contributed by atoms with Crippen molar-refractivity contribution >= 4 is 17.8 Å². The maximum atomic E-state index is 12.7. The molecule has 112 valence electrons. The van der Waals surface area contributed by atoms with Gasteiger partial charge in [-0.05, 0) is 50.6 Å². The van der Waals surface area contributed by atoms with Gasteiger partial charge < -0.3 is 15.0 Å².